The van der Waals surface area contributed by atoms with Gasteiger partial charge in [0.15, 0.2) is 0 Å². The summed E-state index contributed by atoms with van der Waals surface area (Å²) in [5.41, 5.74) is 5.25. The summed E-state index contributed by atoms with van der Waals surface area (Å²) in [6.07, 6.45) is 0.0687. The summed E-state index contributed by atoms with van der Waals surface area (Å²) in [4.78, 5) is 13.8. The van der Waals surface area contributed by atoms with Crippen LogP contribution in [0.25, 0.3) is 0 Å². The zero-order valence-electron chi connectivity index (χ0n) is 10.5. The van der Waals surface area contributed by atoms with E-state index >= 15 is 0 Å². The highest BCUT2D eigenvalue weighted by molar-refractivity contribution is 5.53. The number of nitrogen functional groups attached to an aromatic ring is 1. The largest absolute Gasteiger partial charge is 0.475 e. The fourth-order valence-corrected chi connectivity index (χ4v) is 1.83. The van der Waals surface area contributed by atoms with Crippen molar-refractivity contribution < 1.29 is 14.4 Å². The number of morpholine rings is 1. The number of nitro groups is 1. The van der Waals surface area contributed by atoms with Crippen LogP contribution in [-0.2, 0) is 4.74 Å². The Morgan fingerprint density at radius 1 is 1.63 bits per heavy atom. The van der Waals surface area contributed by atoms with Crippen LogP contribution in [0.1, 0.15) is 6.92 Å². The molecule has 1 aliphatic heterocycles. The van der Waals surface area contributed by atoms with Crippen LogP contribution in [-0.4, -0.2) is 41.8 Å². The molecular weight excluding hydrogens is 252 g/mol. The minimum atomic E-state index is -0.581. The predicted octanol–water partition coefficient (Wildman–Crippen LogP) is 0.328. The molecule has 0 radical (unpaired) electrons. The molecule has 8 nitrogen and oxygen atoms in total. The highest BCUT2D eigenvalue weighted by Gasteiger charge is 2.20. The molecule has 2 atom stereocenters. The molecule has 0 saturated carbocycles. The second kappa shape index (κ2) is 5.81. The Balaban J connectivity index is 1.92. The Morgan fingerprint density at radius 3 is 3.05 bits per heavy atom. The highest BCUT2D eigenvalue weighted by Crippen LogP contribution is 2.22. The van der Waals surface area contributed by atoms with E-state index in [4.69, 9.17) is 15.2 Å². The van der Waals surface area contributed by atoms with Crippen LogP contribution in [0.15, 0.2) is 12.1 Å². The summed E-state index contributed by atoms with van der Waals surface area (Å²) in [7, 11) is 0. The Labute approximate surface area is 110 Å². The molecule has 3 N–H and O–H groups in total. The van der Waals surface area contributed by atoms with Crippen molar-refractivity contribution in [1.29, 1.82) is 0 Å². The standard InChI is InChI=1S/C11H16N4O4/c1-7-4-13-5-8(19-7)6-18-10-3-2-9(15(16)17)11(12)14-10/h2-3,7-8,13H,4-6H2,1H3,(H2,12,14). The third-order valence-corrected chi connectivity index (χ3v) is 2.72. The molecule has 1 saturated heterocycles. The third-order valence-electron chi connectivity index (χ3n) is 2.72. The van der Waals surface area contributed by atoms with Crippen molar-refractivity contribution in [2.45, 2.75) is 19.1 Å². The van der Waals surface area contributed by atoms with Gasteiger partial charge in [0, 0.05) is 25.2 Å². The first kappa shape index (κ1) is 13.5. The van der Waals surface area contributed by atoms with Crippen molar-refractivity contribution in [3.63, 3.8) is 0 Å². The molecule has 0 aromatic carbocycles. The molecule has 104 valence electrons. The van der Waals surface area contributed by atoms with Gasteiger partial charge >= 0.3 is 5.69 Å². The van der Waals surface area contributed by atoms with E-state index in [1.165, 1.54) is 12.1 Å². The molecule has 2 rings (SSSR count). The molecule has 0 aliphatic carbocycles. The fourth-order valence-electron chi connectivity index (χ4n) is 1.83. The Hall–Kier alpha value is -1.93. The molecule has 2 heterocycles. The van der Waals surface area contributed by atoms with E-state index in [1.807, 2.05) is 6.92 Å². The Bertz CT molecular complexity index is 468. The minimum absolute atomic E-state index is 0.0676. The molecule has 0 amide bonds. The SMILES string of the molecule is CC1CNCC(COc2ccc([N+](=O)[O-])c(N)n2)O1. The molecule has 1 fully saturated rings. The van der Waals surface area contributed by atoms with Crippen LogP contribution in [0.3, 0.4) is 0 Å². The lowest BCUT2D eigenvalue weighted by Crippen LogP contribution is -2.45. The number of rotatable bonds is 4. The first-order chi connectivity index (χ1) is 9.06. The van der Waals surface area contributed by atoms with Crippen LogP contribution in [0.2, 0.25) is 0 Å². The summed E-state index contributed by atoms with van der Waals surface area (Å²) < 4.78 is 11.1. The zero-order valence-corrected chi connectivity index (χ0v) is 10.5. The molecule has 1 aliphatic rings. The number of aromatic nitrogens is 1. The van der Waals surface area contributed by atoms with E-state index in [2.05, 4.69) is 10.3 Å². The van der Waals surface area contributed by atoms with Gasteiger partial charge in [-0.05, 0) is 6.92 Å². The number of hydrogen-bond donors (Lipinski definition) is 2. The molecule has 8 heteroatoms. The predicted molar refractivity (Wildman–Crippen MR) is 68.0 cm³/mol. The summed E-state index contributed by atoms with van der Waals surface area (Å²) in [5.74, 6) is 0.100. The van der Waals surface area contributed by atoms with Gasteiger partial charge in [-0.1, -0.05) is 0 Å². The maximum Gasteiger partial charge on any atom is 0.311 e. The van der Waals surface area contributed by atoms with Gasteiger partial charge < -0.3 is 20.5 Å². The smallest absolute Gasteiger partial charge is 0.311 e. The van der Waals surface area contributed by atoms with Crippen LogP contribution in [0.5, 0.6) is 5.88 Å². The number of nitrogens with one attached hydrogen (secondary N) is 1. The summed E-state index contributed by atoms with van der Waals surface area (Å²) in [6, 6.07) is 2.70. The Kier molecular flexibility index (Phi) is 4.13. The maximum atomic E-state index is 10.6. The van der Waals surface area contributed by atoms with Gasteiger partial charge in [0.25, 0.3) is 0 Å². The second-order valence-electron chi connectivity index (χ2n) is 4.35. The van der Waals surface area contributed by atoms with Gasteiger partial charge in [0.2, 0.25) is 11.7 Å². The van der Waals surface area contributed by atoms with E-state index < -0.39 is 4.92 Å². The van der Waals surface area contributed by atoms with E-state index in [9.17, 15) is 10.1 Å². The monoisotopic (exact) mass is 268 g/mol. The molecule has 1 aromatic heterocycles. The quantitative estimate of drug-likeness (QED) is 0.597. The summed E-state index contributed by atoms with van der Waals surface area (Å²) in [6.45, 7) is 3.81. The van der Waals surface area contributed by atoms with E-state index in [0.29, 0.717) is 13.2 Å². The summed E-state index contributed by atoms with van der Waals surface area (Å²) in [5, 5.41) is 13.8. The lowest BCUT2D eigenvalue weighted by Gasteiger charge is -2.28. The lowest BCUT2D eigenvalue weighted by atomic mass is 10.2. The molecule has 2 unspecified atom stereocenters. The normalized spacial score (nSPS) is 23.0. The van der Waals surface area contributed by atoms with Crippen molar-refractivity contribution in [1.82, 2.24) is 10.3 Å². The van der Waals surface area contributed by atoms with Gasteiger partial charge in [-0.15, -0.1) is 0 Å². The van der Waals surface area contributed by atoms with Gasteiger partial charge in [-0.25, -0.2) is 0 Å². The molecule has 1 aromatic rings. The van der Waals surface area contributed by atoms with Gasteiger partial charge in [-0.3, -0.25) is 10.1 Å². The molecule has 0 spiro atoms. The topological polar surface area (TPSA) is 113 Å². The van der Waals surface area contributed by atoms with E-state index in [-0.39, 0.29) is 29.6 Å². The average Bonchev–Trinajstić information content (AvgIpc) is 2.36. The molecule has 0 bridgehead atoms. The first-order valence-corrected chi connectivity index (χ1v) is 5.96. The summed E-state index contributed by atoms with van der Waals surface area (Å²) >= 11 is 0. The number of nitrogens with two attached hydrogens (primary N) is 1. The number of ether oxygens (including phenoxy) is 2. The van der Waals surface area contributed by atoms with Crippen LogP contribution >= 0.6 is 0 Å². The Morgan fingerprint density at radius 2 is 2.42 bits per heavy atom. The van der Waals surface area contributed by atoms with Crippen molar-refractivity contribution in [3.05, 3.63) is 22.2 Å². The van der Waals surface area contributed by atoms with E-state index in [1.54, 1.807) is 0 Å². The van der Waals surface area contributed by atoms with Crippen molar-refractivity contribution >= 4 is 11.5 Å². The third kappa shape index (κ3) is 3.52. The second-order valence-corrected chi connectivity index (χ2v) is 4.35. The number of pyridine rings is 1. The number of hydrogen-bond acceptors (Lipinski definition) is 7. The average molecular weight is 268 g/mol. The maximum absolute atomic E-state index is 10.6. The molecule has 19 heavy (non-hydrogen) atoms. The minimum Gasteiger partial charge on any atom is -0.475 e. The van der Waals surface area contributed by atoms with Crippen molar-refractivity contribution in [3.8, 4) is 5.88 Å². The van der Waals surface area contributed by atoms with Crippen molar-refractivity contribution in [2.75, 3.05) is 25.4 Å². The highest BCUT2D eigenvalue weighted by atomic mass is 16.6. The number of anilines is 1. The first-order valence-electron chi connectivity index (χ1n) is 5.96. The van der Waals surface area contributed by atoms with Crippen LogP contribution in [0.4, 0.5) is 11.5 Å². The molecular formula is C11H16N4O4. The van der Waals surface area contributed by atoms with Crippen LogP contribution in [0, 0.1) is 10.1 Å². The van der Waals surface area contributed by atoms with Crippen molar-refractivity contribution in [2.24, 2.45) is 0 Å². The van der Waals surface area contributed by atoms with Gasteiger partial charge in [0.05, 0.1) is 11.0 Å². The van der Waals surface area contributed by atoms with E-state index in [0.717, 1.165) is 6.54 Å². The number of nitrogens with zero attached hydrogens (tertiary/aromatic N) is 2. The lowest BCUT2D eigenvalue weighted by molar-refractivity contribution is -0.384. The fraction of sp³-hybridized carbons (Fsp3) is 0.545. The van der Waals surface area contributed by atoms with Crippen LogP contribution < -0.4 is 15.8 Å². The van der Waals surface area contributed by atoms with Gasteiger partial charge in [-0.2, -0.15) is 4.98 Å². The van der Waals surface area contributed by atoms with Gasteiger partial charge in [0.1, 0.15) is 12.7 Å². The zero-order chi connectivity index (χ0) is 13.8.